The van der Waals surface area contributed by atoms with E-state index in [1.165, 1.54) is 22.4 Å². The summed E-state index contributed by atoms with van der Waals surface area (Å²) in [5.74, 6) is 2.64. The van der Waals surface area contributed by atoms with Crippen molar-refractivity contribution in [3.8, 4) is 0 Å². The Hall–Kier alpha value is -2.53. The molecule has 4 rings (SSSR count). The van der Waals surface area contributed by atoms with Gasteiger partial charge in [0.2, 0.25) is 0 Å². The maximum Gasteiger partial charge on any atom is 0.132 e. The van der Waals surface area contributed by atoms with Gasteiger partial charge in [-0.3, -0.25) is 0 Å². The van der Waals surface area contributed by atoms with Crippen molar-refractivity contribution in [1.29, 1.82) is 0 Å². The van der Waals surface area contributed by atoms with Gasteiger partial charge in [0.05, 0.1) is 6.54 Å². The fourth-order valence-corrected chi connectivity index (χ4v) is 4.03. The minimum atomic E-state index is 0.506. The first-order valence-corrected chi connectivity index (χ1v) is 11.7. The smallest absolute Gasteiger partial charge is 0.132 e. The summed E-state index contributed by atoms with van der Waals surface area (Å²) in [5, 5.41) is 7.77. The van der Waals surface area contributed by atoms with Gasteiger partial charge in [-0.05, 0) is 48.1 Å². The molecule has 0 bridgehead atoms. The average molecular weight is 440 g/mol. The summed E-state index contributed by atoms with van der Waals surface area (Å²) in [6, 6.07) is 12.2. The van der Waals surface area contributed by atoms with Crippen molar-refractivity contribution in [3.05, 3.63) is 70.0 Å². The molecule has 2 N–H and O–H groups in total. The molecule has 2 aliphatic rings. The van der Waals surface area contributed by atoms with Crippen LogP contribution in [0, 0.1) is 0 Å². The number of rotatable bonds is 5. The number of anilines is 1. The lowest BCUT2D eigenvalue weighted by Gasteiger charge is -2.35. The summed E-state index contributed by atoms with van der Waals surface area (Å²) in [7, 11) is 0. The predicted molar refractivity (Wildman–Crippen MR) is 132 cm³/mol. The molecule has 2 aliphatic heterocycles. The third-order valence-corrected chi connectivity index (χ3v) is 6.05. The Morgan fingerprint density at radius 1 is 1.19 bits per heavy atom. The number of benzene rings is 1. The van der Waals surface area contributed by atoms with Crippen molar-refractivity contribution in [2.45, 2.75) is 53.0 Å². The van der Waals surface area contributed by atoms with E-state index in [0.717, 1.165) is 49.2 Å². The molecular weight excluding hydrogens is 406 g/mol. The van der Waals surface area contributed by atoms with E-state index in [2.05, 4.69) is 40.4 Å². The first kappa shape index (κ1) is 23.1. The highest BCUT2D eigenvalue weighted by Gasteiger charge is 2.26. The second kappa shape index (κ2) is 11.2. The molecule has 166 valence electrons. The van der Waals surface area contributed by atoms with E-state index in [4.69, 9.17) is 16.6 Å². The van der Waals surface area contributed by atoms with Crippen LogP contribution in [-0.4, -0.2) is 30.6 Å². The van der Waals surface area contributed by atoms with Crippen molar-refractivity contribution in [2.24, 2.45) is 4.99 Å². The molecule has 1 unspecified atom stereocenters. The van der Waals surface area contributed by atoms with Crippen LogP contribution in [-0.2, 0) is 6.54 Å². The largest absolute Gasteiger partial charge is 0.368 e. The van der Waals surface area contributed by atoms with Gasteiger partial charge >= 0.3 is 0 Å². The van der Waals surface area contributed by atoms with Crippen LogP contribution in [0.3, 0.4) is 0 Å². The first-order valence-electron chi connectivity index (χ1n) is 11.3. The van der Waals surface area contributed by atoms with Crippen LogP contribution in [0.2, 0.25) is 5.02 Å². The lowest BCUT2D eigenvalue weighted by Crippen LogP contribution is -2.43. The molecule has 0 fully saturated rings. The molecule has 0 saturated carbocycles. The molecule has 6 heteroatoms. The molecule has 1 atom stereocenters. The van der Waals surface area contributed by atoms with Crippen molar-refractivity contribution >= 4 is 23.3 Å². The van der Waals surface area contributed by atoms with E-state index < -0.39 is 0 Å². The van der Waals surface area contributed by atoms with Crippen LogP contribution >= 0.6 is 11.6 Å². The molecule has 31 heavy (non-hydrogen) atoms. The maximum atomic E-state index is 5.99. The number of halogens is 1. The van der Waals surface area contributed by atoms with Gasteiger partial charge < -0.3 is 15.5 Å². The van der Waals surface area contributed by atoms with E-state index >= 15 is 0 Å². The average Bonchev–Trinajstić information content (AvgIpc) is 2.84. The van der Waals surface area contributed by atoms with Crippen LogP contribution in [0.5, 0.6) is 0 Å². The van der Waals surface area contributed by atoms with Crippen LogP contribution in [0.25, 0.3) is 0 Å². The fraction of sp³-hybridized carbons (Fsp3) is 0.440. The predicted octanol–water partition coefficient (Wildman–Crippen LogP) is 5.49. The van der Waals surface area contributed by atoms with Crippen molar-refractivity contribution < 1.29 is 0 Å². The Bertz CT molecular complexity index is 920. The minimum Gasteiger partial charge on any atom is -0.368 e. The third kappa shape index (κ3) is 5.59. The molecule has 5 nitrogen and oxygen atoms in total. The summed E-state index contributed by atoms with van der Waals surface area (Å²) >= 11 is 5.99. The van der Waals surface area contributed by atoms with Crippen LogP contribution in [0.4, 0.5) is 5.82 Å². The van der Waals surface area contributed by atoms with Gasteiger partial charge in [-0.1, -0.05) is 57.5 Å². The Labute approximate surface area is 191 Å². The molecule has 1 aromatic heterocycles. The van der Waals surface area contributed by atoms with E-state index in [0.29, 0.717) is 12.6 Å². The zero-order valence-electron chi connectivity index (χ0n) is 19.1. The maximum absolute atomic E-state index is 5.99. The van der Waals surface area contributed by atoms with Crippen molar-refractivity contribution in [1.82, 2.24) is 15.6 Å². The molecule has 0 amide bonds. The lowest BCUT2D eigenvalue weighted by molar-refractivity contribution is 0.657. The number of nitrogens with one attached hydrogen (secondary N) is 2. The van der Waals surface area contributed by atoms with Gasteiger partial charge in [0.15, 0.2) is 0 Å². The van der Waals surface area contributed by atoms with Gasteiger partial charge in [0.1, 0.15) is 18.3 Å². The van der Waals surface area contributed by atoms with Crippen LogP contribution in [0.15, 0.2) is 58.9 Å². The second-order valence-electron chi connectivity index (χ2n) is 7.68. The molecule has 0 spiro atoms. The highest BCUT2D eigenvalue weighted by molar-refractivity contribution is 6.30. The summed E-state index contributed by atoms with van der Waals surface area (Å²) < 4.78 is 0. The van der Waals surface area contributed by atoms with E-state index in [-0.39, 0.29) is 0 Å². The quantitative estimate of drug-likeness (QED) is 0.646. The Morgan fingerprint density at radius 2 is 1.97 bits per heavy atom. The van der Waals surface area contributed by atoms with Gasteiger partial charge in [0, 0.05) is 35.6 Å². The number of hydrogen-bond acceptors (Lipinski definition) is 5. The summed E-state index contributed by atoms with van der Waals surface area (Å²) in [6.07, 6.45) is 3.97. The fourth-order valence-electron chi connectivity index (χ4n) is 3.91. The first-order chi connectivity index (χ1) is 15.2. The zero-order chi connectivity index (χ0) is 22.2. The van der Waals surface area contributed by atoms with Crippen LogP contribution < -0.4 is 15.5 Å². The topological polar surface area (TPSA) is 52.6 Å². The number of aliphatic imine (C=N–C) groups is 1. The monoisotopic (exact) mass is 439 g/mol. The van der Waals surface area contributed by atoms with Crippen molar-refractivity contribution in [3.63, 3.8) is 0 Å². The number of aromatic nitrogens is 1. The summed E-state index contributed by atoms with van der Waals surface area (Å²) in [6.45, 7) is 11.7. The minimum absolute atomic E-state index is 0.506. The second-order valence-corrected chi connectivity index (χ2v) is 8.11. The highest BCUT2D eigenvalue weighted by atomic mass is 35.5. The van der Waals surface area contributed by atoms with Gasteiger partial charge in [-0.25, -0.2) is 9.98 Å². The molecule has 0 radical (unpaired) electrons. The van der Waals surface area contributed by atoms with E-state index in [1.54, 1.807) is 0 Å². The van der Waals surface area contributed by atoms with Gasteiger partial charge in [0.25, 0.3) is 0 Å². The number of amidine groups is 1. The Balaban J connectivity index is 0.00000132. The standard InChI is InChI=1S/C23H28ClN5.C2H6/c1-3-16(2)19-5-4-11-25-23(19)29-12-10-20-21(14-29)27-15-28-22(20)26-13-17-6-8-18(24)9-7-17;1-2/h4-9,11,16,27H,3,10,12-15H2,1-2H3,(H,26,28);1-2H3. The summed E-state index contributed by atoms with van der Waals surface area (Å²) in [5.41, 5.74) is 5.08. The lowest BCUT2D eigenvalue weighted by atomic mass is 9.97. The molecule has 0 saturated heterocycles. The number of pyridine rings is 1. The third-order valence-electron chi connectivity index (χ3n) is 5.79. The SMILES string of the molecule is CC.CCC(C)c1cccnc1N1CCC2=C(C1)NCN=C2NCc1ccc(Cl)cc1. The molecule has 1 aromatic carbocycles. The normalized spacial score (nSPS) is 16.4. The Kier molecular flexibility index (Phi) is 8.35. The van der Waals surface area contributed by atoms with Gasteiger partial charge in [-0.2, -0.15) is 0 Å². The molecular formula is C25H34ClN5. The van der Waals surface area contributed by atoms with Crippen LogP contribution in [0.1, 0.15) is 57.6 Å². The highest BCUT2D eigenvalue weighted by Crippen LogP contribution is 2.31. The van der Waals surface area contributed by atoms with E-state index in [1.807, 2.05) is 50.4 Å². The van der Waals surface area contributed by atoms with E-state index in [9.17, 15) is 0 Å². The summed E-state index contributed by atoms with van der Waals surface area (Å²) in [4.78, 5) is 11.8. The molecule has 0 aliphatic carbocycles. The molecule has 2 aromatic rings. The number of hydrogen-bond donors (Lipinski definition) is 2. The zero-order valence-corrected chi connectivity index (χ0v) is 19.8. The number of nitrogens with zero attached hydrogens (tertiary/aromatic N) is 3. The Morgan fingerprint density at radius 3 is 2.71 bits per heavy atom. The molecule has 3 heterocycles. The van der Waals surface area contributed by atoms with Gasteiger partial charge in [-0.15, -0.1) is 0 Å². The van der Waals surface area contributed by atoms with Crippen molar-refractivity contribution in [2.75, 3.05) is 24.7 Å².